The Labute approximate surface area is 194 Å². The molecule has 0 aliphatic heterocycles. The summed E-state index contributed by atoms with van der Waals surface area (Å²) in [4.78, 5) is 25.4. The molecule has 2 aromatic heterocycles. The second kappa shape index (κ2) is 10.0. The number of carbonyl (C=O) groups is 2. The molecule has 0 fully saturated rings. The summed E-state index contributed by atoms with van der Waals surface area (Å²) >= 11 is 1.24. The lowest BCUT2D eigenvalue weighted by molar-refractivity contribution is -0.113. The molecule has 0 radical (unpaired) electrons. The van der Waals surface area contributed by atoms with Gasteiger partial charge in [0.25, 0.3) is 5.91 Å². The average Bonchev–Trinajstić information content (AvgIpc) is 3.48. The first-order chi connectivity index (χ1) is 16.0. The van der Waals surface area contributed by atoms with Gasteiger partial charge in [-0.15, -0.1) is 10.2 Å². The van der Waals surface area contributed by atoms with Gasteiger partial charge in [-0.25, -0.2) is 0 Å². The first-order valence-electron chi connectivity index (χ1n) is 9.95. The maximum atomic E-state index is 12.8. The molecule has 0 unspecified atom stereocenters. The number of carbonyl (C=O) groups excluding carboxylic acids is 2. The molecule has 168 valence electrons. The van der Waals surface area contributed by atoms with Gasteiger partial charge in [-0.3, -0.25) is 9.59 Å². The van der Waals surface area contributed by atoms with E-state index in [1.807, 2.05) is 0 Å². The second-order valence-corrected chi connectivity index (χ2v) is 7.85. The fourth-order valence-electron chi connectivity index (χ4n) is 3.04. The number of thioether (sulfide) groups is 1. The summed E-state index contributed by atoms with van der Waals surface area (Å²) in [5, 5.41) is 14.4. The van der Waals surface area contributed by atoms with Crippen LogP contribution in [0.15, 0.2) is 76.5 Å². The van der Waals surface area contributed by atoms with E-state index in [2.05, 4.69) is 20.8 Å². The van der Waals surface area contributed by atoms with Crippen LogP contribution in [0.5, 0.6) is 5.75 Å². The highest BCUT2D eigenvalue weighted by molar-refractivity contribution is 7.99. The number of nitrogens with zero attached hydrogens (tertiary/aromatic N) is 3. The topological polar surface area (TPSA) is 111 Å². The van der Waals surface area contributed by atoms with Crippen LogP contribution in [0, 0.1) is 0 Å². The van der Waals surface area contributed by atoms with E-state index >= 15 is 0 Å². The van der Waals surface area contributed by atoms with Crippen LogP contribution in [0.3, 0.4) is 0 Å². The Kier molecular flexibility index (Phi) is 6.75. The van der Waals surface area contributed by atoms with Crippen molar-refractivity contribution < 1.29 is 18.7 Å². The molecule has 0 saturated heterocycles. The van der Waals surface area contributed by atoms with Crippen molar-refractivity contribution in [1.29, 1.82) is 0 Å². The maximum Gasteiger partial charge on any atom is 0.257 e. The number of furan rings is 1. The molecule has 0 spiro atoms. The highest BCUT2D eigenvalue weighted by atomic mass is 32.2. The van der Waals surface area contributed by atoms with E-state index in [4.69, 9.17) is 9.15 Å². The van der Waals surface area contributed by atoms with Gasteiger partial charge in [0.1, 0.15) is 5.75 Å². The van der Waals surface area contributed by atoms with Crippen molar-refractivity contribution in [2.24, 2.45) is 7.05 Å². The van der Waals surface area contributed by atoms with Gasteiger partial charge in [-0.05, 0) is 48.5 Å². The summed E-state index contributed by atoms with van der Waals surface area (Å²) in [6, 6.07) is 17.4. The third kappa shape index (κ3) is 5.24. The zero-order valence-corrected chi connectivity index (χ0v) is 18.8. The van der Waals surface area contributed by atoms with Gasteiger partial charge < -0.3 is 24.4 Å². The Bertz CT molecular complexity index is 1250. The Hall–Kier alpha value is -4.05. The SMILES string of the molecule is COc1ccc(NC(=O)c2ccccc2NC(=O)CSc2nnc(-c3ccco3)n2C)cc1. The van der Waals surface area contributed by atoms with Crippen LogP contribution in [-0.2, 0) is 11.8 Å². The fourth-order valence-corrected chi connectivity index (χ4v) is 3.75. The van der Waals surface area contributed by atoms with Crippen molar-refractivity contribution in [3.8, 4) is 17.3 Å². The maximum absolute atomic E-state index is 12.8. The standard InChI is InChI=1S/C23H21N5O4S/c1-28-21(19-8-5-13-32-19)26-27-23(28)33-14-20(29)25-18-7-4-3-6-17(18)22(30)24-15-9-11-16(31-2)12-10-15/h3-13H,14H2,1-2H3,(H,24,30)(H,25,29). The van der Waals surface area contributed by atoms with Gasteiger partial charge in [0.15, 0.2) is 16.7 Å². The number of hydrogen-bond donors (Lipinski definition) is 2. The first kappa shape index (κ1) is 22.2. The zero-order chi connectivity index (χ0) is 23.2. The minimum absolute atomic E-state index is 0.0958. The number of methoxy groups -OCH3 is 1. The van der Waals surface area contributed by atoms with E-state index in [1.54, 1.807) is 85.7 Å². The Morgan fingerprint density at radius 2 is 1.82 bits per heavy atom. The summed E-state index contributed by atoms with van der Waals surface area (Å²) < 4.78 is 12.2. The zero-order valence-electron chi connectivity index (χ0n) is 17.9. The molecule has 0 atom stereocenters. The number of rotatable bonds is 8. The Balaban J connectivity index is 1.39. The highest BCUT2D eigenvalue weighted by Gasteiger charge is 2.17. The fraction of sp³-hybridized carbons (Fsp3) is 0.130. The van der Waals surface area contributed by atoms with Crippen LogP contribution in [0.25, 0.3) is 11.6 Å². The third-order valence-electron chi connectivity index (χ3n) is 4.70. The van der Waals surface area contributed by atoms with Crippen LogP contribution in [-0.4, -0.2) is 39.4 Å². The summed E-state index contributed by atoms with van der Waals surface area (Å²) in [6.45, 7) is 0. The lowest BCUT2D eigenvalue weighted by Crippen LogP contribution is -2.19. The molecule has 2 N–H and O–H groups in total. The van der Waals surface area contributed by atoms with Crippen molar-refractivity contribution in [2.45, 2.75) is 5.16 Å². The molecule has 2 heterocycles. The van der Waals surface area contributed by atoms with E-state index in [1.165, 1.54) is 11.8 Å². The molecular weight excluding hydrogens is 442 g/mol. The van der Waals surface area contributed by atoms with E-state index in [0.717, 1.165) is 0 Å². The number of benzene rings is 2. The van der Waals surface area contributed by atoms with Gasteiger partial charge in [0.2, 0.25) is 5.91 Å². The van der Waals surface area contributed by atoms with Crippen molar-refractivity contribution >= 4 is 35.0 Å². The van der Waals surface area contributed by atoms with Crippen LogP contribution in [0.4, 0.5) is 11.4 Å². The molecule has 0 aliphatic carbocycles. The molecule has 2 amide bonds. The van der Waals surface area contributed by atoms with E-state index in [0.29, 0.717) is 39.4 Å². The summed E-state index contributed by atoms with van der Waals surface area (Å²) in [7, 11) is 3.38. The quantitative estimate of drug-likeness (QED) is 0.379. The number of aromatic nitrogens is 3. The molecule has 2 aromatic carbocycles. The first-order valence-corrected chi connectivity index (χ1v) is 10.9. The number of ether oxygens (including phenoxy) is 1. The number of hydrogen-bond acceptors (Lipinski definition) is 7. The van der Waals surface area contributed by atoms with E-state index in [9.17, 15) is 9.59 Å². The average molecular weight is 464 g/mol. The molecule has 4 rings (SSSR count). The molecule has 0 saturated carbocycles. The Morgan fingerprint density at radius 1 is 1.03 bits per heavy atom. The monoisotopic (exact) mass is 463 g/mol. The van der Waals surface area contributed by atoms with Crippen molar-refractivity contribution in [1.82, 2.24) is 14.8 Å². The normalized spacial score (nSPS) is 10.6. The largest absolute Gasteiger partial charge is 0.497 e. The summed E-state index contributed by atoms with van der Waals surface area (Å²) in [6.07, 6.45) is 1.56. The van der Waals surface area contributed by atoms with Gasteiger partial charge in [-0.2, -0.15) is 0 Å². The molecule has 10 heteroatoms. The van der Waals surface area contributed by atoms with Gasteiger partial charge >= 0.3 is 0 Å². The van der Waals surface area contributed by atoms with Crippen LogP contribution < -0.4 is 15.4 Å². The highest BCUT2D eigenvalue weighted by Crippen LogP contribution is 2.24. The van der Waals surface area contributed by atoms with E-state index in [-0.39, 0.29) is 17.6 Å². The predicted octanol–water partition coefficient (Wildman–Crippen LogP) is 4.07. The summed E-state index contributed by atoms with van der Waals surface area (Å²) in [5.41, 5.74) is 1.39. The minimum atomic E-state index is -0.333. The third-order valence-corrected chi connectivity index (χ3v) is 5.72. The van der Waals surface area contributed by atoms with Crippen molar-refractivity contribution in [3.63, 3.8) is 0 Å². The summed E-state index contributed by atoms with van der Waals surface area (Å²) in [5.74, 6) is 1.35. The van der Waals surface area contributed by atoms with Crippen molar-refractivity contribution in [2.75, 3.05) is 23.5 Å². The van der Waals surface area contributed by atoms with Crippen LogP contribution in [0.2, 0.25) is 0 Å². The minimum Gasteiger partial charge on any atom is -0.497 e. The van der Waals surface area contributed by atoms with Gasteiger partial charge in [0, 0.05) is 12.7 Å². The molecule has 4 aromatic rings. The molecular formula is C23H21N5O4S. The van der Waals surface area contributed by atoms with Gasteiger partial charge in [0.05, 0.1) is 30.4 Å². The van der Waals surface area contributed by atoms with Gasteiger partial charge in [-0.1, -0.05) is 23.9 Å². The number of para-hydroxylation sites is 1. The number of nitrogens with one attached hydrogen (secondary N) is 2. The van der Waals surface area contributed by atoms with Crippen molar-refractivity contribution in [3.05, 3.63) is 72.5 Å². The lowest BCUT2D eigenvalue weighted by atomic mass is 10.1. The number of amides is 2. The number of anilines is 2. The van der Waals surface area contributed by atoms with E-state index < -0.39 is 0 Å². The predicted molar refractivity (Wildman–Crippen MR) is 125 cm³/mol. The lowest BCUT2D eigenvalue weighted by Gasteiger charge is -2.12. The molecule has 0 aliphatic rings. The molecule has 9 nitrogen and oxygen atoms in total. The van der Waals surface area contributed by atoms with Crippen LogP contribution >= 0.6 is 11.8 Å². The molecule has 0 bridgehead atoms. The smallest absolute Gasteiger partial charge is 0.257 e. The molecule has 33 heavy (non-hydrogen) atoms. The second-order valence-electron chi connectivity index (χ2n) is 6.91. The Morgan fingerprint density at radius 3 is 2.55 bits per heavy atom. The van der Waals surface area contributed by atoms with Crippen LogP contribution in [0.1, 0.15) is 10.4 Å².